The highest BCUT2D eigenvalue weighted by Gasteiger charge is 2.09. The fourth-order valence-electron chi connectivity index (χ4n) is 1.35. The van der Waals surface area contributed by atoms with E-state index in [4.69, 9.17) is 10.5 Å². The van der Waals surface area contributed by atoms with E-state index < -0.39 is 0 Å². The minimum Gasteiger partial charge on any atom is -0.380 e. The highest BCUT2D eigenvalue weighted by atomic mass is 19.1. The fourth-order valence-corrected chi connectivity index (χ4v) is 1.35. The van der Waals surface area contributed by atoms with Gasteiger partial charge in [0.25, 0.3) is 0 Å². The van der Waals surface area contributed by atoms with E-state index >= 15 is 0 Å². The number of hydrogen-bond donors (Lipinski definition) is 1. The van der Waals surface area contributed by atoms with Gasteiger partial charge < -0.3 is 10.5 Å². The van der Waals surface area contributed by atoms with Crippen molar-refractivity contribution in [3.05, 3.63) is 35.1 Å². The lowest BCUT2D eigenvalue weighted by Gasteiger charge is -2.14. The summed E-state index contributed by atoms with van der Waals surface area (Å²) in [5.74, 6) is -0.252. The molecule has 0 amide bonds. The summed E-state index contributed by atoms with van der Waals surface area (Å²) in [4.78, 5) is 0. The lowest BCUT2D eigenvalue weighted by Crippen LogP contribution is -2.18. The van der Waals surface area contributed by atoms with Gasteiger partial charge in [0, 0.05) is 6.61 Å². The van der Waals surface area contributed by atoms with Crippen LogP contribution in [0.5, 0.6) is 0 Å². The van der Waals surface area contributed by atoms with Crippen LogP contribution in [0.1, 0.15) is 24.1 Å². The van der Waals surface area contributed by atoms with E-state index in [2.05, 4.69) is 0 Å². The Bertz CT molecular complexity index is 301. The molecule has 0 aliphatic heterocycles. The van der Waals surface area contributed by atoms with Crippen LogP contribution in [0.2, 0.25) is 0 Å². The Hall–Kier alpha value is -0.930. The molecule has 0 saturated heterocycles. The van der Waals surface area contributed by atoms with E-state index in [1.165, 1.54) is 12.1 Å². The Morgan fingerprint density at radius 3 is 2.86 bits per heavy atom. The highest BCUT2D eigenvalue weighted by Crippen LogP contribution is 2.17. The molecule has 2 N–H and O–H groups in total. The second-order valence-electron chi connectivity index (χ2n) is 3.27. The third-order valence-corrected chi connectivity index (χ3v) is 2.14. The normalized spacial score (nSPS) is 12.9. The molecule has 2 nitrogen and oxygen atoms in total. The Morgan fingerprint density at radius 2 is 2.21 bits per heavy atom. The van der Waals surface area contributed by atoms with Crippen molar-refractivity contribution in [3.8, 4) is 0 Å². The van der Waals surface area contributed by atoms with E-state index in [0.29, 0.717) is 13.2 Å². The Labute approximate surface area is 83.9 Å². The summed E-state index contributed by atoms with van der Waals surface area (Å²) < 4.78 is 18.1. The van der Waals surface area contributed by atoms with Crippen LogP contribution in [0, 0.1) is 12.7 Å². The number of ether oxygens (including phenoxy) is 1. The molecule has 3 heteroatoms. The number of nitrogens with two attached hydrogens (primary N) is 1. The third-order valence-electron chi connectivity index (χ3n) is 2.14. The summed E-state index contributed by atoms with van der Waals surface area (Å²) in [5, 5.41) is 0. The average Bonchev–Trinajstić information content (AvgIpc) is 2.18. The van der Waals surface area contributed by atoms with Gasteiger partial charge in [-0.1, -0.05) is 6.07 Å². The van der Waals surface area contributed by atoms with Crippen LogP contribution in [-0.4, -0.2) is 13.2 Å². The van der Waals surface area contributed by atoms with Gasteiger partial charge >= 0.3 is 0 Å². The van der Waals surface area contributed by atoms with E-state index in [0.717, 1.165) is 11.1 Å². The van der Waals surface area contributed by atoms with Crippen molar-refractivity contribution in [2.24, 2.45) is 5.73 Å². The smallest absolute Gasteiger partial charge is 0.123 e. The maximum atomic E-state index is 12.9. The maximum absolute atomic E-state index is 12.9. The third kappa shape index (κ3) is 2.79. The summed E-state index contributed by atoms with van der Waals surface area (Å²) in [7, 11) is 0. The van der Waals surface area contributed by atoms with Crippen LogP contribution < -0.4 is 5.73 Å². The Kier molecular flexibility index (Phi) is 4.04. The van der Waals surface area contributed by atoms with Gasteiger partial charge in [-0.25, -0.2) is 4.39 Å². The van der Waals surface area contributed by atoms with Crippen LogP contribution >= 0.6 is 0 Å². The first-order valence-electron chi connectivity index (χ1n) is 4.74. The van der Waals surface area contributed by atoms with Gasteiger partial charge in [0.05, 0.1) is 12.6 Å². The van der Waals surface area contributed by atoms with Crippen molar-refractivity contribution >= 4 is 0 Å². The molecule has 0 heterocycles. The summed E-state index contributed by atoms with van der Waals surface area (Å²) in [6, 6.07) is 4.40. The molecule has 1 unspecified atom stereocenters. The molecule has 0 fully saturated rings. The van der Waals surface area contributed by atoms with Crippen LogP contribution in [0.4, 0.5) is 4.39 Å². The molecule has 0 aromatic heterocycles. The predicted octanol–water partition coefficient (Wildman–Crippen LogP) is 2.17. The SMILES string of the molecule is CCOCC(N)c1cc(F)ccc1C. The van der Waals surface area contributed by atoms with Crippen LogP contribution in [0.15, 0.2) is 18.2 Å². The minimum absolute atomic E-state index is 0.245. The van der Waals surface area contributed by atoms with Gasteiger partial charge in [0.2, 0.25) is 0 Å². The molecular formula is C11H16FNO. The lowest BCUT2D eigenvalue weighted by atomic mass is 10.0. The van der Waals surface area contributed by atoms with Gasteiger partial charge in [-0.15, -0.1) is 0 Å². The number of benzene rings is 1. The molecule has 0 aliphatic rings. The topological polar surface area (TPSA) is 35.2 Å². The van der Waals surface area contributed by atoms with E-state index in [1.807, 2.05) is 13.8 Å². The van der Waals surface area contributed by atoms with Crippen molar-refractivity contribution in [1.29, 1.82) is 0 Å². The molecular weight excluding hydrogens is 181 g/mol. The summed E-state index contributed by atoms with van der Waals surface area (Å²) in [5.41, 5.74) is 7.68. The van der Waals surface area contributed by atoms with Crippen molar-refractivity contribution in [1.82, 2.24) is 0 Å². The monoisotopic (exact) mass is 197 g/mol. The molecule has 1 atom stereocenters. The second kappa shape index (κ2) is 5.08. The number of aryl methyl sites for hydroxylation is 1. The highest BCUT2D eigenvalue weighted by molar-refractivity contribution is 5.29. The summed E-state index contributed by atoms with van der Waals surface area (Å²) in [6.45, 7) is 4.88. The van der Waals surface area contributed by atoms with Crippen LogP contribution in [0.25, 0.3) is 0 Å². The van der Waals surface area contributed by atoms with Gasteiger partial charge in [-0.05, 0) is 37.1 Å². The molecule has 0 bridgehead atoms. The Morgan fingerprint density at radius 1 is 1.50 bits per heavy atom. The predicted molar refractivity (Wildman–Crippen MR) is 54.6 cm³/mol. The first kappa shape index (κ1) is 11.1. The lowest BCUT2D eigenvalue weighted by molar-refractivity contribution is 0.133. The van der Waals surface area contributed by atoms with Crippen molar-refractivity contribution in [2.75, 3.05) is 13.2 Å². The summed E-state index contributed by atoms with van der Waals surface area (Å²) >= 11 is 0. The van der Waals surface area contributed by atoms with Crippen molar-refractivity contribution in [3.63, 3.8) is 0 Å². The molecule has 0 spiro atoms. The molecule has 78 valence electrons. The summed E-state index contributed by atoms with van der Waals surface area (Å²) in [6.07, 6.45) is 0. The second-order valence-corrected chi connectivity index (χ2v) is 3.27. The van der Waals surface area contributed by atoms with Gasteiger partial charge in [0.1, 0.15) is 5.82 Å². The molecule has 1 aromatic rings. The number of rotatable bonds is 4. The molecule has 1 aromatic carbocycles. The molecule has 0 radical (unpaired) electrons. The number of halogens is 1. The standard InChI is InChI=1S/C11H16FNO/c1-3-14-7-11(13)10-6-9(12)5-4-8(10)2/h4-6,11H,3,7,13H2,1-2H3. The first-order valence-corrected chi connectivity index (χ1v) is 4.74. The average molecular weight is 197 g/mol. The largest absolute Gasteiger partial charge is 0.380 e. The molecule has 0 aliphatic carbocycles. The zero-order valence-corrected chi connectivity index (χ0v) is 8.59. The quantitative estimate of drug-likeness (QED) is 0.802. The van der Waals surface area contributed by atoms with Crippen molar-refractivity contribution < 1.29 is 9.13 Å². The molecule has 14 heavy (non-hydrogen) atoms. The van der Waals surface area contributed by atoms with Crippen LogP contribution in [0.3, 0.4) is 0 Å². The van der Waals surface area contributed by atoms with Crippen molar-refractivity contribution in [2.45, 2.75) is 19.9 Å². The fraction of sp³-hybridized carbons (Fsp3) is 0.455. The van der Waals surface area contributed by atoms with E-state index in [9.17, 15) is 4.39 Å². The first-order chi connectivity index (χ1) is 6.65. The zero-order valence-electron chi connectivity index (χ0n) is 8.59. The zero-order chi connectivity index (χ0) is 10.6. The maximum Gasteiger partial charge on any atom is 0.123 e. The van der Waals surface area contributed by atoms with Crippen LogP contribution in [-0.2, 0) is 4.74 Å². The van der Waals surface area contributed by atoms with E-state index in [-0.39, 0.29) is 11.9 Å². The molecule has 0 saturated carbocycles. The Balaban J connectivity index is 2.77. The minimum atomic E-state index is -0.252. The van der Waals surface area contributed by atoms with E-state index in [1.54, 1.807) is 6.07 Å². The van der Waals surface area contributed by atoms with Gasteiger partial charge in [-0.3, -0.25) is 0 Å². The number of hydrogen-bond acceptors (Lipinski definition) is 2. The van der Waals surface area contributed by atoms with Gasteiger partial charge in [-0.2, -0.15) is 0 Å². The molecule has 1 rings (SSSR count). The van der Waals surface area contributed by atoms with Gasteiger partial charge in [0.15, 0.2) is 0 Å².